The lowest BCUT2D eigenvalue weighted by molar-refractivity contribution is 0.102. The second kappa shape index (κ2) is 5.98. The molecule has 0 aliphatic heterocycles. The number of hydrogen-bond donors (Lipinski definition) is 1. The molecule has 0 radical (unpaired) electrons. The van der Waals surface area contributed by atoms with Crippen LogP contribution in [-0.2, 0) is 0 Å². The van der Waals surface area contributed by atoms with Gasteiger partial charge in [-0.1, -0.05) is 0 Å². The number of amides is 1. The zero-order chi connectivity index (χ0) is 15.5. The Balaban J connectivity index is 1.75. The molecule has 4 nitrogen and oxygen atoms in total. The van der Waals surface area contributed by atoms with Crippen LogP contribution in [0.2, 0.25) is 0 Å². The van der Waals surface area contributed by atoms with Crippen molar-refractivity contribution in [3.8, 4) is 11.4 Å². The topological polar surface area (TPSA) is 54.9 Å². The summed E-state index contributed by atoms with van der Waals surface area (Å²) in [5.74, 6) is -0.754. The van der Waals surface area contributed by atoms with Crippen LogP contribution in [0.4, 0.5) is 13.9 Å². The summed E-state index contributed by atoms with van der Waals surface area (Å²) < 4.78 is 29.8. The molecule has 0 spiro atoms. The predicted octanol–water partition coefficient (Wildman–Crippen LogP) is 3.74. The Morgan fingerprint density at radius 1 is 0.955 bits per heavy atom. The number of hydrogen-bond acceptors (Lipinski definition) is 4. The highest BCUT2D eigenvalue weighted by molar-refractivity contribution is 7.10. The molecule has 0 saturated heterocycles. The molecule has 0 bridgehead atoms. The van der Waals surface area contributed by atoms with Crippen LogP contribution in [0.3, 0.4) is 0 Å². The molecule has 3 aromatic rings. The van der Waals surface area contributed by atoms with Gasteiger partial charge in [-0.3, -0.25) is 10.1 Å². The molecule has 0 unspecified atom stereocenters. The number of nitrogens with zero attached hydrogens (tertiary/aromatic N) is 2. The first-order valence-corrected chi connectivity index (χ1v) is 7.06. The van der Waals surface area contributed by atoms with Gasteiger partial charge in [0.2, 0.25) is 5.13 Å². The first-order valence-electron chi connectivity index (χ1n) is 6.28. The molecule has 0 aliphatic carbocycles. The van der Waals surface area contributed by atoms with E-state index in [2.05, 4.69) is 14.7 Å². The first kappa shape index (κ1) is 14.3. The van der Waals surface area contributed by atoms with Gasteiger partial charge in [-0.2, -0.15) is 9.36 Å². The molecular weight excluding hydrogens is 308 g/mol. The molecule has 0 aliphatic rings. The largest absolute Gasteiger partial charge is 0.297 e. The molecule has 0 saturated carbocycles. The number of carbonyl (C=O) groups excluding carboxylic acids is 1. The van der Waals surface area contributed by atoms with Crippen LogP contribution in [0, 0.1) is 11.6 Å². The Morgan fingerprint density at radius 2 is 1.55 bits per heavy atom. The van der Waals surface area contributed by atoms with Crippen molar-refractivity contribution in [2.45, 2.75) is 0 Å². The van der Waals surface area contributed by atoms with Crippen LogP contribution in [0.25, 0.3) is 11.4 Å². The third-order valence-electron chi connectivity index (χ3n) is 2.86. The summed E-state index contributed by atoms with van der Waals surface area (Å²) in [4.78, 5) is 16.1. The third-order valence-corrected chi connectivity index (χ3v) is 3.49. The van der Waals surface area contributed by atoms with Gasteiger partial charge in [-0.05, 0) is 48.5 Å². The summed E-state index contributed by atoms with van der Waals surface area (Å²) >= 11 is 1.01. The average molecular weight is 317 g/mol. The van der Waals surface area contributed by atoms with Gasteiger partial charge < -0.3 is 0 Å². The van der Waals surface area contributed by atoms with Crippen LogP contribution < -0.4 is 5.32 Å². The molecule has 3 rings (SSSR count). The Bertz CT molecular complexity index is 800. The number of anilines is 1. The lowest BCUT2D eigenvalue weighted by Gasteiger charge is -2.00. The molecule has 0 atom stereocenters. The third kappa shape index (κ3) is 3.15. The molecule has 22 heavy (non-hydrogen) atoms. The number of carbonyl (C=O) groups is 1. The van der Waals surface area contributed by atoms with E-state index in [1.54, 1.807) is 12.1 Å². The molecule has 2 aromatic carbocycles. The Labute approximate surface area is 128 Å². The molecule has 1 aromatic heterocycles. The van der Waals surface area contributed by atoms with Crippen molar-refractivity contribution in [2.75, 3.05) is 5.32 Å². The first-order chi connectivity index (χ1) is 10.6. The number of rotatable bonds is 3. The monoisotopic (exact) mass is 317 g/mol. The summed E-state index contributed by atoms with van der Waals surface area (Å²) in [6, 6.07) is 10.9. The summed E-state index contributed by atoms with van der Waals surface area (Å²) in [5.41, 5.74) is 0.972. The fourth-order valence-corrected chi connectivity index (χ4v) is 2.35. The molecule has 1 N–H and O–H groups in total. The van der Waals surface area contributed by atoms with Crippen molar-refractivity contribution in [3.63, 3.8) is 0 Å². The normalized spacial score (nSPS) is 10.5. The van der Waals surface area contributed by atoms with Gasteiger partial charge in [0.05, 0.1) is 0 Å². The van der Waals surface area contributed by atoms with Gasteiger partial charge in [0.15, 0.2) is 5.82 Å². The van der Waals surface area contributed by atoms with E-state index in [0.717, 1.165) is 11.5 Å². The zero-order valence-electron chi connectivity index (χ0n) is 11.1. The number of halogens is 2. The van der Waals surface area contributed by atoms with Crippen LogP contribution in [0.1, 0.15) is 10.4 Å². The van der Waals surface area contributed by atoms with E-state index in [0.29, 0.717) is 22.1 Å². The van der Waals surface area contributed by atoms with E-state index in [-0.39, 0.29) is 5.82 Å². The second-order valence-corrected chi connectivity index (χ2v) is 5.14. The predicted molar refractivity (Wildman–Crippen MR) is 79.7 cm³/mol. The van der Waals surface area contributed by atoms with Gasteiger partial charge >= 0.3 is 0 Å². The van der Waals surface area contributed by atoms with Crippen molar-refractivity contribution in [2.24, 2.45) is 0 Å². The summed E-state index contributed by atoms with van der Waals surface area (Å²) in [6.07, 6.45) is 0. The highest BCUT2D eigenvalue weighted by atomic mass is 32.1. The molecule has 110 valence electrons. The number of aromatic nitrogens is 2. The fourth-order valence-electron chi connectivity index (χ4n) is 1.76. The van der Waals surface area contributed by atoms with E-state index in [9.17, 15) is 13.6 Å². The maximum atomic E-state index is 12.9. The minimum atomic E-state index is -0.411. The van der Waals surface area contributed by atoms with Crippen LogP contribution in [0.15, 0.2) is 48.5 Å². The number of benzene rings is 2. The van der Waals surface area contributed by atoms with Crippen molar-refractivity contribution in [3.05, 3.63) is 65.7 Å². The minimum absolute atomic E-state index is 0.314. The smallest absolute Gasteiger partial charge is 0.257 e. The molecule has 1 heterocycles. The quantitative estimate of drug-likeness (QED) is 0.800. The Hall–Kier alpha value is -2.67. The summed E-state index contributed by atoms with van der Waals surface area (Å²) in [5, 5.41) is 2.90. The van der Waals surface area contributed by atoms with Gasteiger partial charge in [-0.25, -0.2) is 8.78 Å². The van der Waals surface area contributed by atoms with E-state index < -0.39 is 11.7 Å². The van der Waals surface area contributed by atoms with Crippen LogP contribution in [0.5, 0.6) is 0 Å². The maximum absolute atomic E-state index is 12.9. The summed E-state index contributed by atoms with van der Waals surface area (Å²) in [6.45, 7) is 0. The van der Waals surface area contributed by atoms with Gasteiger partial charge in [-0.15, -0.1) is 0 Å². The minimum Gasteiger partial charge on any atom is -0.297 e. The van der Waals surface area contributed by atoms with E-state index in [1.807, 2.05) is 0 Å². The van der Waals surface area contributed by atoms with Gasteiger partial charge in [0.25, 0.3) is 5.91 Å². The SMILES string of the molecule is O=C(Nc1nc(-c2ccc(F)cc2)ns1)c1ccc(F)cc1. The molecular formula is C15H9F2N3OS. The number of nitrogens with one attached hydrogen (secondary N) is 1. The van der Waals surface area contributed by atoms with Crippen LogP contribution in [-0.4, -0.2) is 15.3 Å². The standard InChI is InChI=1S/C15H9F2N3OS/c16-11-5-1-9(2-6-11)13-18-15(22-20-13)19-14(21)10-3-7-12(17)8-4-10/h1-8H,(H,18,19,20,21). The molecule has 7 heteroatoms. The van der Waals surface area contributed by atoms with Crippen molar-refractivity contribution in [1.82, 2.24) is 9.36 Å². The van der Waals surface area contributed by atoms with Gasteiger partial charge in [0.1, 0.15) is 11.6 Å². The van der Waals surface area contributed by atoms with Crippen molar-refractivity contribution >= 4 is 22.6 Å². The Kier molecular flexibility index (Phi) is 3.88. The Morgan fingerprint density at radius 3 is 2.18 bits per heavy atom. The highest BCUT2D eigenvalue weighted by Crippen LogP contribution is 2.21. The average Bonchev–Trinajstić information content (AvgIpc) is 2.97. The van der Waals surface area contributed by atoms with Gasteiger partial charge in [0, 0.05) is 22.7 Å². The van der Waals surface area contributed by atoms with Crippen molar-refractivity contribution < 1.29 is 13.6 Å². The van der Waals surface area contributed by atoms with E-state index in [1.165, 1.54) is 36.4 Å². The fraction of sp³-hybridized carbons (Fsp3) is 0. The lowest BCUT2D eigenvalue weighted by atomic mass is 10.2. The maximum Gasteiger partial charge on any atom is 0.257 e. The van der Waals surface area contributed by atoms with E-state index >= 15 is 0 Å². The molecule has 1 amide bonds. The lowest BCUT2D eigenvalue weighted by Crippen LogP contribution is -2.11. The highest BCUT2D eigenvalue weighted by Gasteiger charge is 2.11. The van der Waals surface area contributed by atoms with E-state index in [4.69, 9.17) is 0 Å². The second-order valence-electron chi connectivity index (χ2n) is 4.39. The van der Waals surface area contributed by atoms with Crippen molar-refractivity contribution in [1.29, 1.82) is 0 Å². The van der Waals surface area contributed by atoms with Crippen LogP contribution >= 0.6 is 11.5 Å². The molecule has 0 fully saturated rings. The summed E-state index contributed by atoms with van der Waals surface area (Å²) in [7, 11) is 0. The zero-order valence-corrected chi connectivity index (χ0v) is 11.9.